The van der Waals surface area contributed by atoms with Gasteiger partial charge >= 0.3 is 0 Å². The molecule has 0 aliphatic rings. The van der Waals surface area contributed by atoms with Crippen LogP contribution in [0.15, 0.2) is 54.9 Å². The van der Waals surface area contributed by atoms with E-state index in [4.69, 9.17) is 0 Å². The molecule has 1 N–H and O–H groups in total. The SMILES string of the molecule is O=C(CCc1ccccc1)NCCn1cccc1. The van der Waals surface area contributed by atoms with E-state index in [2.05, 4.69) is 9.88 Å². The van der Waals surface area contributed by atoms with Crippen LogP contribution in [0.2, 0.25) is 0 Å². The van der Waals surface area contributed by atoms with Crippen molar-refractivity contribution in [1.82, 2.24) is 9.88 Å². The standard InChI is InChI=1S/C15H18N2O/c18-15(9-8-14-6-2-1-3-7-14)16-10-13-17-11-4-5-12-17/h1-7,11-12H,8-10,13H2,(H,16,18). The number of aryl methyl sites for hydroxylation is 1. The van der Waals surface area contributed by atoms with Gasteiger partial charge in [0.05, 0.1) is 0 Å². The van der Waals surface area contributed by atoms with Gasteiger partial charge in [0, 0.05) is 31.9 Å². The maximum atomic E-state index is 11.6. The van der Waals surface area contributed by atoms with Crippen molar-refractivity contribution < 1.29 is 4.79 Å². The Hall–Kier alpha value is -2.03. The van der Waals surface area contributed by atoms with Gasteiger partial charge in [0.25, 0.3) is 0 Å². The van der Waals surface area contributed by atoms with Crippen molar-refractivity contribution >= 4 is 5.91 Å². The van der Waals surface area contributed by atoms with Gasteiger partial charge in [-0.3, -0.25) is 4.79 Å². The van der Waals surface area contributed by atoms with E-state index in [9.17, 15) is 4.79 Å². The van der Waals surface area contributed by atoms with Crippen LogP contribution in [0.3, 0.4) is 0 Å². The molecule has 0 atom stereocenters. The molecule has 0 aliphatic carbocycles. The zero-order valence-corrected chi connectivity index (χ0v) is 10.4. The number of nitrogens with zero attached hydrogens (tertiary/aromatic N) is 1. The number of amides is 1. The van der Waals surface area contributed by atoms with Crippen molar-refractivity contribution in [3.05, 3.63) is 60.4 Å². The van der Waals surface area contributed by atoms with Crippen LogP contribution in [0, 0.1) is 0 Å². The van der Waals surface area contributed by atoms with Gasteiger partial charge < -0.3 is 9.88 Å². The Kier molecular flexibility index (Phi) is 4.59. The molecule has 1 heterocycles. The molecule has 0 aliphatic heterocycles. The summed E-state index contributed by atoms with van der Waals surface area (Å²) in [6.45, 7) is 1.51. The second-order valence-electron chi connectivity index (χ2n) is 4.26. The second kappa shape index (κ2) is 6.64. The van der Waals surface area contributed by atoms with Crippen LogP contribution in [0.5, 0.6) is 0 Å². The molecule has 94 valence electrons. The lowest BCUT2D eigenvalue weighted by Crippen LogP contribution is -2.27. The smallest absolute Gasteiger partial charge is 0.220 e. The lowest BCUT2D eigenvalue weighted by atomic mass is 10.1. The van der Waals surface area contributed by atoms with Gasteiger partial charge in [0.15, 0.2) is 0 Å². The quantitative estimate of drug-likeness (QED) is 0.828. The Bertz CT molecular complexity index is 463. The second-order valence-corrected chi connectivity index (χ2v) is 4.26. The molecule has 0 fully saturated rings. The lowest BCUT2D eigenvalue weighted by Gasteiger charge is -2.06. The van der Waals surface area contributed by atoms with E-state index in [-0.39, 0.29) is 5.91 Å². The monoisotopic (exact) mass is 242 g/mol. The van der Waals surface area contributed by atoms with Crippen molar-refractivity contribution in [3.8, 4) is 0 Å². The van der Waals surface area contributed by atoms with Crippen LogP contribution in [0.1, 0.15) is 12.0 Å². The number of hydrogen-bond acceptors (Lipinski definition) is 1. The van der Waals surface area contributed by atoms with Gasteiger partial charge in [-0.2, -0.15) is 0 Å². The van der Waals surface area contributed by atoms with E-state index in [1.54, 1.807) is 0 Å². The maximum absolute atomic E-state index is 11.6. The molecule has 0 bridgehead atoms. The average Bonchev–Trinajstić information content (AvgIpc) is 2.91. The van der Waals surface area contributed by atoms with Gasteiger partial charge in [0.2, 0.25) is 5.91 Å². The topological polar surface area (TPSA) is 34.0 Å². The van der Waals surface area contributed by atoms with Crippen LogP contribution in [0.25, 0.3) is 0 Å². The molecule has 1 amide bonds. The molecule has 0 unspecified atom stereocenters. The van der Waals surface area contributed by atoms with Crippen LogP contribution in [-0.2, 0) is 17.8 Å². The Morgan fingerprint density at radius 2 is 1.78 bits per heavy atom. The number of hydrogen-bond donors (Lipinski definition) is 1. The first-order valence-corrected chi connectivity index (χ1v) is 6.26. The van der Waals surface area contributed by atoms with Gasteiger partial charge in [0.1, 0.15) is 0 Å². The average molecular weight is 242 g/mol. The van der Waals surface area contributed by atoms with Crippen molar-refractivity contribution in [3.63, 3.8) is 0 Å². The first-order valence-electron chi connectivity index (χ1n) is 6.26. The van der Waals surface area contributed by atoms with Gasteiger partial charge in [-0.05, 0) is 24.1 Å². The highest BCUT2D eigenvalue weighted by Gasteiger charge is 2.01. The minimum Gasteiger partial charge on any atom is -0.354 e. The molecule has 1 aromatic carbocycles. The summed E-state index contributed by atoms with van der Waals surface area (Å²) < 4.78 is 2.05. The normalized spacial score (nSPS) is 10.2. The molecule has 0 spiro atoms. The van der Waals surface area contributed by atoms with Crippen LogP contribution in [0.4, 0.5) is 0 Å². The van der Waals surface area contributed by atoms with Crippen molar-refractivity contribution in [1.29, 1.82) is 0 Å². The summed E-state index contributed by atoms with van der Waals surface area (Å²) in [6, 6.07) is 14.0. The summed E-state index contributed by atoms with van der Waals surface area (Å²) in [6.07, 6.45) is 5.35. The molecule has 3 heteroatoms. The van der Waals surface area contributed by atoms with E-state index in [0.717, 1.165) is 13.0 Å². The van der Waals surface area contributed by atoms with Crippen LogP contribution < -0.4 is 5.32 Å². The Balaban J connectivity index is 1.63. The van der Waals surface area contributed by atoms with Crippen molar-refractivity contribution in [2.75, 3.05) is 6.54 Å². The Labute approximate surface area is 107 Å². The van der Waals surface area contributed by atoms with E-state index >= 15 is 0 Å². The molecule has 3 nitrogen and oxygen atoms in total. The molecule has 1 aromatic heterocycles. The van der Waals surface area contributed by atoms with E-state index in [1.807, 2.05) is 54.9 Å². The number of benzene rings is 1. The first-order chi connectivity index (χ1) is 8.84. The highest BCUT2D eigenvalue weighted by Crippen LogP contribution is 2.01. The summed E-state index contributed by atoms with van der Waals surface area (Å²) in [5, 5.41) is 2.93. The molecule has 0 radical (unpaired) electrons. The third-order valence-electron chi connectivity index (χ3n) is 2.84. The lowest BCUT2D eigenvalue weighted by molar-refractivity contribution is -0.121. The fraction of sp³-hybridized carbons (Fsp3) is 0.267. The molecular formula is C15H18N2O. The predicted molar refractivity (Wildman–Crippen MR) is 72.2 cm³/mol. The third kappa shape index (κ3) is 4.09. The molecule has 18 heavy (non-hydrogen) atoms. The zero-order chi connectivity index (χ0) is 12.6. The number of carbonyl (C=O) groups excluding carboxylic acids is 1. The maximum Gasteiger partial charge on any atom is 0.220 e. The zero-order valence-electron chi connectivity index (χ0n) is 10.4. The van der Waals surface area contributed by atoms with E-state index < -0.39 is 0 Å². The molecule has 2 aromatic rings. The largest absolute Gasteiger partial charge is 0.354 e. The van der Waals surface area contributed by atoms with Crippen molar-refractivity contribution in [2.45, 2.75) is 19.4 Å². The number of rotatable bonds is 6. The summed E-state index contributed by atoms with van der Waals surface area (Å²) >= 11 is 0. The predicted octanol–water partition coefficient (Wildman–Crippen LogP) is 2.24. The Morgan fingerprint density at radius 3 is 2.50 bits per heavy atom. The molecule has 0 saturated carbocycles. The van der Waals surface area contributed by atoms with Gasteiger partial charge in [-0.1, -0.05) is 30.3 Å². The number of carbonyl (C=O) groups is 1. The molecular weight excluding hydrogens is 224 g/mol. The fourth-order valence-corrected chi connectivity index (χ4v) is 1.83. The minimum absolute atomic E-state index is 0.117. The van der Waals surface area contributed by atoms with Gasteiger partial charge in [-0.25, -0.2) is 0 Å². The summed E-state index contributed by atoms with van der Waals surface area (Å²) in [4.78, 5) is 11.6. The third-order valence-corrected chi connectivity index (χ3v) is 2.84. The number of aromatic nitrogens is 1. The van der Waals surface area contributed by atoms with Crippen LogP contribution in [-0.4, -0.2) is 17.0 Å². The molecule has 0 saturated heterocycles. The van der Waals surface area contributed by atoms with E-state index in [0.29, 0.717) is 13.0 Å². The fourth-order valence-electron chi connectivity index (χ4n) is 1.83. The summed E-state index contributed by atoms with van der Waals surface area (Å²) in [7, 11) is 0. The van der Waals surface area contributed by atoms with E-state index in [1.165, 1.54) is 5.56 Å². The summed E-state index contributed by atoms with van der Waals surface area (Å²) in [5.74, 6) is 0.117. The van der Waals surface area contributed by atoms with Crippen LogP contribution >= 0.6 is 0 Å². The first kappa shape index (κ1) is 12.4. The number of nitrogens with one attached hydrogen (secondary N) is 1. The minimum atomic E-state index is 0.117. The highest BCUT2D eigenvalue weighted by molar-refractivity contribution is 5.76. The molecule has 2 rings (SSSR count). The Morgan fingerprint density at radius 1 is 1.06 bits per heavy atom. The van der Waals surface area contributed by atoms with Gasteiger partial charge in [-0.15, -0.1) is 0 Å². The summed E-state index contributed by atoms with van der Waals surface area (Å²) in [5.41, 5.74) is 1.21. The van der Waals surface area contributed by atoms with Crippen molar-refractivity contribution in [2.24, 2.45) is 0 Å². The highest BCUT2D eigenvalue weighted by atomic mass is 16.1.